The Bertz CT molecular complexity index is 1100. The molecule has 0 bridgehead atoms. The Labute approximate surface area is 189 Å². The molecule has 32 heavy (non-hydrogen) atoms. The molecule has 1 amide bonds. The van der Waals surface area contributed by atoms with Crippen molar-refractivity contribution in [3.8, 4) is 11.5 Å². The Morgan fingerprint density at radius 2 is 2.03 bits per heavy atom. The van der Waals surface area contributed by atoms with E-state index >= 15 is 0 Å². The number of benzene rings is 2. The molecule has 2 aromatic carbocycles. The second-order valence-electron chi connectivity index (χ2n) is 8.32. The number of hydrogen-bond acceptors (Lipinski definition) is 4. The molecule has 1 aromatic heterocycles. The number of hydrogen-bond donors (Lipinski definition) is 1. The van der Waals surface area contributed by atoms with Crippen LogP contribution in [0.15, 0.2) is 36.5 Å². The van der Waals surface area contributed by atoms with E-state index in [1.165, 1.54) is 22.1 Å². The number of aromatic amines is 1. The summed E-state index contributed by atoms with van der Waals surface area (Å²) in [4.78, 5) is 18.3. The average Bonchev–Trinajstić information content (AvgIpc) is 3.19. The van der Waals surface area contributed by atoms with E-state index in [0.717, 1.165) is 41.8 Å². The Morgan fingerprint density at radius 1 is 1.19 bits per heavy atom. The van der Waals surface area contributed by atoms with Crippen LogP contribution in [0.3, 0.4) is 0 Å². The number of methoxy groups -OCH3 is 2. The molecule has 6 heteroatoms. The number of aromatic nitrogens is 1. The summed E-state index contributed by atoms with van der Waals surface area (Å²) < 4.78 is 16.6. The molecule has 0 saturated heterocycles. The van der Waals surface area contributed by atoms with E-state index in [4.69, 9.17) is 14.2 Å². The monoisotopic (exact) mass is 436 g/mol. The molecule has 1 atom stereocenters. The molecule has 0 fully saturated rings. The van der Waals surface area contributed by atoms with Gasteiger partial charge in [0, 0.05) is 30.8 Å². The molecule has 0 aliphatic carbocycles. The van der Waals surface area contributed by atoms with E-state index in [-0.39, 0.29) is 18.6 Å². The maximum atomic E-state index is 12.9. The van der Waals surface area contributed by atoms with Gasteiger partial charge in [-0.3, -0.25) is 4.79 Å². The number of nitrogens with one attached hydrogen (secondary N) is 1. The zero-order chi connectivity index (χ0) is 22.7. The summed E-state index contributed by atoms with van der Waals surface area (Å²) in [6.45, 7) is 5.39. The lowest BCUT2D eigenvalue weighted by Gasteiger charge is -2.38. The Hall–Kier alpha value is -2.99. The average molecular weight is 437 g/mol. The molecule has 2 heterocycles. The van der Waals surface area contributed by atoms with E-state index in [2.05, 4.69) is 48.4 Å². The van der Waals surface area contributed by atoms with Gasteiger partial charge in [-0.05, 0) is 74.1 Å². The summed E-state index contributed by atoms with van der Waals surface area (Å²) in [6.07, 6.45) is 4.56. The van der Waals surface area contributed by atoms with Crippen molar-refractivity contribution in [1.82, 2.24) is 9.88 Å². The molecular weight excluding hydrogens is 404 g/mol. The topological polar surface area (TPSA) is 63.8 Å². The van der Waals surface area contributed by atoms with Gasteiger partial charge in [0.2, 0.25) is 5.91 Å². The third-order valence-electron chi connectivity index (χ3n) is 6.28. The first-order valence-corrected chi connectivity index (χ1v) is 11.2. The van der Waals surface area contributed by atoms with E-state index in [0.29, 0.717) is 13.2 Å². The second kappa shape index (κ2) is 9.65. The first-order valence-electron chi connectivity index (χ1n) is 11.2. The quantitative estimate of drug-likeness (QED) is 0.561. The van der Waals surface area contributed by atoms with Crippen LogP contribution in [-0.4, -0.2) is 49.8 Å². The Balaban J connectivity index is 1.69. The van der Waals surface area contributed by atoms with Gasteiger partial charge in [-0.25, -0.2) is 0 Å². The van der Waals surface area contributed by atoms with E-state index in [1.807, 2.05) is 11.8 Å². The van der Waals surface area contributed by atoms with Crippen LogP contribution < -0.4 is 9.47 Å². The lowest BCUT2D eigenvalue weighted by molar-refractivity contribution is -0.138. The zero-order valence-electron chi connectivity index (χ0n) is 19.4. The number of ether oxygens (including phenoxy) is 3. The normalized spacial score (nSPS) is 15.6. The van der Waals surface area contributed by atoms with Crippen LogP contribution in [0.2, 0.25) is 0 Å². The highest BCUT2D eigenvalue weighted by atomic mass is 16.5. The Kier molecular flexibility index (Phi) is 6.70. The lowest BCUT2D eigenvalue weighted by Crippen LogP contribution is -2.42. The highest BCUT2D eigenvalue weighted by molar-refractivity contribution is 5.84. The summed E-state index contributed by atoms with van der Waals surface area (Å²) in [6, 6.07) is 10.6. The fraction of sp³-hybridized carbons (Fsp3) is 0.423. The maximum absolute atomic E-state index is 12.9. The summed E-state index contributed by atoms with van der Waals surface area (Å²) in [5, 5.41) is 1.25. The van der Waals surface area contributed by atoms with Crippen LogP contribution in [0.1, 0.15) is 41.6 Å². The number of fused-ring (bicyclic) bond motifs is 2. The molecule has 0 radical (unpaired) electrons. The van der Waals surface area contributed by atoms with Crippen LogP contribution in [0.25, 0.3) is 10.9 Å². The summed E-state index contributed by atoms with van der Waals surface area (Å²) in [5.74, 6) is 1.49. The molecule has 1 N–H and O–H groups in total. The number of H-pyrrole nitrogens is 1. The zero-order valence-corrected chi connectivity index (χ0v) is 19.4. The number of aryl methyl sites for hydroxylation is 2. The van der Waals surface area contributed by atoms with Gasteiger partial charge < -0.3 is 24.1 Å². The van der Waals surface area contributed by atoms with Gasteiger partial charge >= 0.3 is 0 Å². The van der Waals surface area contributed by atoms with Crippen molar-refractivity contribution in [3.05, 3.63) is 58.8 Å². The highest BCUT2D eigenvalue weighted by Gasteiger charge is 2.32. The van der Waals surface area contributed by atoms with Crippen LogP contribution in [0.5, 0.6) is 11.5 Å². The fourth-order valence-corrected chi connectivity index (χ4v) is 4.74. The number of amides is 1. The van der Waals surface area contributed by atoms with Crippen molar-refractivity contribution in [3.63, 3.8) is 0 Å². The minimum atomic E-state index is -0.0405. The largest absolute Gasteiger partial charge is 0.493 e. The van der Waals surface area contributed by atoms with Crippen LogP contribution in [-0.2, 0) is 22.4 Å². The predicted octanol–water partition coefficient (Wildman–Crippen LogP) is 4.59. The van der Waals surface area contributed by atoms with Gasteiger partial charge in [0.25, 0.3) is 0 Å². The molecule has 1 unspecified atom stereocenters. The predicted molar refractivity (Wildman–Crippen MR) is 126 cm³/mol. The third-order valence-corrected chi connectivity index (χ3v) is 6.28. The fourth-order valence-electron chi connectivity index (χ4n) is 4.74. The van der Waals surface area contributed by atoms with E-state index < -0.39 is 0 Å². The first kappa shape index (κ1) is 22.2. The smallest absolute Gasteiger partial charge is 0.249 e. The van der Waals surface area contributed by atoms with Crippen molar-refractivity contribution in [1.29, 1.82) is 0 Å². The van der Waals surface area contributed by atoms with Gasteiger partial charge in [-0.15, -0.1) is 0 Å². The van der Waals surface area contributed by atoms with Crippen molar-refractivity contribution in [2.24, 2.45) is 0 Å². The number of carbonyl (C=O) groups is 1. The number of rotatable bonds is 8. The summed E-state index contributed by atoms with van der Waals surface area (Å²) in [5.41, 5.74) is 6.01. The highest BCUT2D eigenvalue weighted by Crippen LogP contribution is 2.40. The summed E-state index contributed by atoms with van der Waals surface area (Å²) >= 11 is 0. The second-order valence-corrected chi connectivity index (χ2v) is 8.32. The van der Waals surface area contributed by atoms with E-state index in [9.17, 15) is 4.79 Å². The molecule has 6 nitrogen and oxygen atoms in total. The van der Waals surface area contributed by atoms with Gasteiger partial charge in [-0.2, -0.15) is 0 Å². The lowest BCUT2D eigenvalue weighted by atomic mass is 9.88. The third kappa shape index (κ3) is 4.32. The molecule has 3 aromatic rings. The van der Waals surface area contributed by atoms with E-state index in [1.54, 1.807) is 14.2 Å². The molecule has 4 rings (SSSR count). The van der Waals surface area contributed by atoms with Crippen LogP contribution in [0.4, 0.5) is 0 Å². The SMILES string of the molecule is CCOc1cc2c(cc1OC)CCN(C(=O)COC)C2CCc1c[nH]c2ccc(C)cc12. The first-order chi connectivity index (χ1) is 15.5. The molecule has 0 saturated carbocycles. The summed E-state index contributed by atoms with van der Waals surface area (Å²) in [7, 11) is 3.23. The van der Waals surface area contributed by atoms with Crippen molar-refractivity contribution >= 4 is 16.8 Å². The molecule has 170 valence electrons. The van der Waals surface area contributed by atoms with Gasteiger partial charge in [0.15, 0.2) is 11.5 Å². The van der Waals surface area contributed by atoms with Gasteiger partial charge in [0.05, 0.1) is 19.8 Å². The number of nitrogens with zero attached hydrogens (tertiary/aromatic N) is 1. The van der Waals surface area contributed by atoms with Crippen molar-refractivity contribution in [2.45, 2.75) is 39.2 Å². The maximum Gasteiger partial charge on any atom is 0.249 e. The number of carbonyl (C=O) groups excluding carboxylic acids is 1. The van der Waals surface area contributed by atoms with Crippen molar-refractivity contribution < 1.29 is 19.0 Å². The molecule has 1 aliphatic rings. The van der Waals surface area contributed by atoms with Gasteiger partial charge in [-0.1, -0.05) is 11.6 Å². The molecular formula is C26H32N2O4. The molecule has 0 spiro atoms. The van der Waals surface area contributed by atoms with Crippen LogP contribution in [0, 0.1) is 6.92 Å². The minimum absolute atomic E-state index is 0.0201. The van der Waals surface area contributed by atoms with Gasteiger partial charge in [0.1, 0.15) is 6.61 Å². The van der Waals surface area contributed by atoms with Crippen molar-refractivity contribution in [2.75, 3.05) is 34.0 Å². The molecule has 1 aliphatic heterocycles. The van der Waals surface area contributed by atoms with Crippen LogP contribution >= 0.6 is 0 Å². The minimum Gasteiger partial charge on any atom is -0.493 e. The standard InChI is InChI=1S/C26H32N2O4/c1-5-32-25-14-21-18(13-24(25)31-4)10-11-28(26(29)16-30-3)23(21)9-7-19-15-27-22-8-6-17(2)12-20(19)22/h6,8,12-15,23,27H,5,7,9-11,16H2,1-4H3. The Morgan fingerprint density at radius 3 is 2.78 bits per heavy atom.